The molecular formula is C18H13ClF3N3O. The van der Waals surface area contributed by atoms with E-state index in [-0.39, 0.29) is 11.7 Å². The van der Waals surface area contributed by atoms with Crippen molar-refractivity contribution in [2.24, 2.45) is 0 Å². The van der Waals surface area contributed by atoms with Crippen LogP contribution in [0.15, 0.2) is 53.3 Å². The van der Waals surface area contributed by atoms with Gasteiger partial charge < -0.3 is 0 Å². The number of nitrogens with zero attached hydrogens (tertiary/aromatic N) is 3. The first-order valence-corrected chi connectivity index (χ1v) is 8.38. The number of para-hydroxylation sites is 1. The normalized spacial score (nSPS) is 14.6. The van der Waals surface area contributed by atoms with Crippen LogP contribution in [0.4, 0.5) is 13.2 Å². The molecule has 1 aliphatic rings. The van der Waals surface area contributed by atoms with Gasteiger partial charge in [0.1, 0.15) is 0 Å². The molecule has 1 aromatic heterocycles. The Bertz CT molecular complexity index is 1020. The Balaban J connectivity index is 1.94. The van der Waals surface area contributed by atoms with Crippen LogP contribution in [-0.4, -0.2) is 14.3 Å². The third kappa shape index (κ3) is 2.92. The Morgan fingerprint density at radius 2 is 1.69 bits per heavy atom. The van der Waals surface area contributed by atoms with E-state index < -0.39 is 17.4 Å². The van der Waals surface area contributed by atoms with E-state index in [1.807, 2.05) is 0 Å². The second-order valence-corrected chi connectivity index (χ2v) is 6.58. The van der Waals surface area contributed by atoms with Gasteiger partial charge in [0, 0.05) is 16.6 Å². The smallest absolute Gasteiger partial charge is 0.271 e. The molecule has 1 fully saturated rings. The molecule has 0 spiro atoms. The highest BCUT2D eigenvalue weighted by Gasteiger charge is 2.36. The SMILES string of the molecule is O=c1n(-c2ccccc2C(F)(F)F)nc(-c2ccc(Cl)cc2)n1C1CC1. The quantitative estimate of drug-likeness (QED) is 0.661. The van der Waals surface area contributed by atoms with Crippen LogP contribution in [0.2, 0.25) is 5.02 Å². The van der Waals surface area contributed by atoms with Crippen molar-refractivity contribution in [3.63, 3.8) is 0 Å². The fourth-order valence-corrected chi connectivity index (χ4v) is 3.02. The van der Waals surface area contributed by atoms with Crippen molar-refractivity contribution in [1.82, 2.24) is 14.3 Å². The molecule has 3 aromatic rings. The summed E-state index contributed by atoms with van der Waals surface area (Å²) < 4.78 is 42.3. The second kappa shape index (κ2) is 6.02. The molecule has 0 aliphatic heterocycles. The molecule has 0 amide bonds. The third-order valence-electron chi connectivity index (χ3n) is 4.26. The summed E-state index contributed by atoms with van der Waals surface area (Å²) in [6, 6.07) is 11.6. The zero-order chi connectivity index (χ0) is 18.5. The van der Waals surface area contributed by atoms with E-state index in [0.717, 1.165) is 23.6 Å². The van der Waals surface area contributed by atoms with Crippen molar-refractivity contribution in [2.45, 2.75) is 25.1 Å². The van der Waals surface area contributed by atoms with Gasteiger partial charge in [0.2, 0.25) is 0 Å². The molecule has 1 saturated carbocycles. The van der Waals surface area contributed by atoms with Crippen molar-refractivity contribution in [1.29, 1.82) is 0 Å². The van der Waals surface area contributed by atoms with Gasteiger partial charge in [-0.15, -0.1) is 5.10 Å². The first-order chi connectivity index (χ1) is 12.4. The number of aromatic nitrogens is 3. The molecule has 26 heavy (non-hydrogen) atoms. The Morgan fingerprint density at radius 3 is 2.31 bits per heavy atom. The summed E-state index contributed by atoms with van der Waals surface area (Å²) >= 11 is 5.90. The first kappa shape index (κ1) is 16.9. The van der Waals surface area contributed by atoms with Crippen LogP contribution in [0.1, 0.15) is 24.4 Å². The van der Waals surface area contributed by atoms with Crippen LogP contribution >= 0.6 is 11.6 Å². The number of hydrogen-bond acceptors (Lipinski definition) is 2. The minimum atomic E-state index is -4.58. The average molecular weight is 380 g/mol. The molecule has 0 bridgehead atoms. The summed E-state index contributed by atoms with van der Waals surface area (Å²) in [7, 11) is 0. The van der Waals surface area contributed by atoms with Crippen LogP contribution in [0.3, 0.4) is 0 Å². The van der Waals surface area contributed by atoms with E-state index in [4.69, 9.17) is 11.6 Å². The fraction of sp³-hybridized carbons (Fsp3) is 0.222. The highest BCUT2D eigenvalue weighted by atomic mass is 35.5. The van der Waals surface area contributed by atoms with Crippen molar-refractivity contribution >= 4 is 11.6 Å². The minimum Gasteiger partial charge on any atom is -0.271 e. The first-order valence-electron chi connectivity index (χ1n) is 8.00. The van der Waals surface area contributed by atoms with Gasteiger partial charge in [-0.2, -0.15) is 17.9 Å². The number of rotatable bonds is 3. The molecule has 0 radical (unpaired) electrons. The van der Waals surface area contributed by atoms with Gasteiger partial charge in [0.25, 0.3) is 0 Å². The average Bonchev–Trinajstić information content (AvgIpc) is 3.38. The van der Waals surface area contributed by atoms with Crippen molar-refractivity contribution in [3.05, 3.63) is 69.6 Å². The zero-order valence-corrected chi connectivity index (χ0v) is 14.1. The maximum Gasteiger partial charge on any atom is 0.418 e. The predicted octanol–water partition coefficient (Wildman–Crippen LogP) is 4.71. The van der Waals surface area contributed by atoms with Crippen LogP contribution in [-0.2, 0) is 6.18 Å². The molecule has 0 N–H and O–H groups in total. The molecule has 4 nitrogen and oxygen atoms in total. The molecule has 134 valence electrons. The van der Waals surface area contributed by atoms with Gasteiger partial charge in [0.05, 0.1) is 11.3 Å². The number of halogens is 4. The molecule has 1 aliphatic carbocycles. The lowest BCUT2D eigenvalue weighted by molar-refractivity contribution is -0.137. The van der Waals surface area contributed by atoms with Crippen LogP contribution in [0.5, 0.6) is 0 Å². The lowest BCUT2D eigenvalue weighted by atomic mass is 10.2. The molecule has 4 rings (SSSR count). The Labute approximate surface area is 151 Å². The van der Waals surface area contributed by atoms with E-state index >= 15 is 0 Å². The lowest BCUT2D eigenvalue weighted by Crippen LogP contribution is -2.25. The molecule has 0 unspecified atom stereocenters. The van der Waals surface area contributed by atoms with Gasteiger partial charge in [-0.05, 0) is 49.2 Å². The fourth-order valence-electron chi connectivity index (χ4n) is 2.89. The largest absolute Gasteiger partial charge is 0.418 e. The molecule has 8 heteroatoms. The maximum absolute atomic E-state index is 13.3. The Hall–Kier alpha value is -2.54. The number of benzene rings is 2. The molecule has 1 heterocycles. The predicted molar refractivity (Wildman–Crippen MR) is 91.5 cm³/mol. The highest BCUT2D eigenvalue weighted by Crippen LogP contribution is 2.38. The van der Waals surface area contributed by atoms with Gasteiger partial charge in [0.15, 0.2) is 5.82 Å². The summed E-state index contributed by atoms with van der Waals surface area (Å²) in [4.78, 5) is 12.9. The maximum atomic E-state index is 13.3. The highest BCUT2D eigenvalue weighted by molar-refractivity contribution is 6.30. The molecule has 0 atom stereocenters. The second-order valence-electron chi connectivity index (χ2n) is 6.14. The number of alkyl halides is 3. The van der Waals surface area contributed by atoms with E-state index in [9.17, 15) is 18.0 Å². The van der Waals surface area contributed by atoms with Crippen LogP contribution in [0, 0.1) is 0 Å². The van der Waals surface area contributed by atoms with Crippen LogP contribution < -0.4 is 5.69 Å². The molecule has 0 saturated heterocycles. The monoisotopic (exact) mass is 379 g/mol. The van der Waals surface area contributed by atoms with Gasteiger partial charge in [-0.1, -0.05) is 23.7 Å². The van der Waals surface area contributed by atoms with E-state index in [0.29, 0.717) is 16.4 Å². The Kier molecular flexibility index (Phi) is 3.91. The van der Waals surface area contributed by atoms with E-state index in [1.54, 1.807) is 24.3 Å². The zero-order valence-electron chi connectivity index (χ0n) is 13.4. The van der Waals surface area contributed by atoms with Crippen molar-refractivity contribution < 1.29 is 13.2 Å². The summed E-state index contributed by atoms with van der Waals surface area (Å²) in [5.74, 6) is 0.339. The van der Waals surface area contributed by atoms with E-state index in [2.05, 4.69) is 5.10 Å². The molecule has 2 aromatic carbocycles. The van der Waals surface area contributed by atoms with Gasteiger partial charge in [-0.3, -0.25) is 4.57 Å². The van der Waals surface area contributed by atoms with E-state index in [1.165, 1.54) is 22.8 Å². The summed E-state index contributed by atoms with van der Waals surface area (Å²) in [6.45, 7) is 0. The standard InChI is InChI=1S/C18H13ClF3N3O/c19-12-7-5-11(6-8-12)16-23-25(17(26)24(16)13-9-10-13)15-4-2-1-3-14(15)18(20,21)22/h1-8,13H,9-10H2. The lowest BCUT2D eigenvalue weighted by Gasteiger charge is -2.11. The summed E-state index contributed by atoms with van der Waals surface area (Å²) in [5.41, 5.74) is -1.12. The Morgan fingerprint density at radius 1 is 1.04 bits per heavy atom. The van der Waals surface area contributed by atoms with Crippen LogP contribution in [0.25, 0.3) is 17.1 Å². The van der Waals surface area contributed by atoms with Gasteiger partial charge >= 0.3 is 11.9 Å². The summed E-state index contributed by atoms with van der Waals surface area (Å²) in [6.07, 6.45) is -2.99. The summed E-state index contributed by atoms with van der Waals surface area (Å²) in [5, 5.41) is 4.76. The van der Waals surface area contributed by atoms with Crippen molar-refractivity contribution in [2.75, 3.05) is 0 Å². The van der Waals surface area contributed by atoms with Crippen molar-refractivity contribution in [3.8, 4) is 17.1 Å². The molecular weight excluding hydrogens is 367 g/mol. The van der Waals surface area contributed by atoms with Gasteiger partial charge in [-0.25, -0.2) is 4.79 Å². The minimum absolute atomic E-state index is 0.0417. The third-order valence-corrected chi connectivity index (χ3v) is 4.51. The topological polar surface area (TPSA) is 39.8 Å². The number of hydrogen-bond donors (Lipinski definition) is 0.